The van der Waals surface area contributed by atoms with Gasteiger partial charge in [0.15, 0.2) is 20.4 Å². The van der Waals surface area contributed by atoms with E-state index in [1.54, 1.807) is 7.11 Å². The highest BCUT2D eigenvalue weighted by Gasteiger charge is 2.60. The van der Waals surface area contributed by atoms with Crippen molar-refractivity contribution in [1.82, 2.24) is 0 Å². The van der Waals surface area contributed by atoms with Gasteiger partial charge in [-0.15, -0.1) is 0 Å². The molecule has 10 nitrogen and oxygen atoms in total. The van der Waals surface area contributed by atoms with E-state index >= 15 is 0 Å². The molecule has 1 N–H and O–H groups in total. The van der Waals surface area contributed by atoms with Gasteiger partial charge >= 0.3 is 17.9 Å². The molecule has 2 unspecified atom stereocenters. The number of hydrogen-bond donors (Lipinski definition) is 1. The molecule has 11 heteroatoms. The standard InChI is InChI=1S/C45H62O10Si/c1-9-11-13-14-15-17-18-30-24-34-40-38(32(30)25-36(35(46)19-16-12-10-2)55-56(7,8)44(3,4)5)39-33(41(49)54-42(39)50)26-45(34,27-37(47)48)28-52-43(53-40)29-20-22-31(51-6)23-21-29/h9-12,20-24,30,32,36,38,40,43H,13-19,25-28H2,1-8H3,(H,47,48)/b11-9+,12-10+/t30-,32+,36-,38+,40?,43?,45+/m1/s1. The van der Waals surface area contributed by atoms with E-state index in [0.29, 0.717) is 30.6 Å². The summed E-state index contributed by atoms with van der Waals surface area (Å²) in [6, 6.07) is 7.31. The summed E-state index contributed by atoms with van der Waals surface area (Å²) in [6.45, 7) is 14.6. The van der Waals surface area contributed by atoms with Gasteiger partial charge in [0, 0.05) is 28.9 Å². The van der Waals surface area contributed by atoms with Gasteiger partial charge in [0.2, 0.25) is 0 Å². The first-order valence-corrected chi connectivity index (χ1v) is 23.2. The minimum atomic E-state index is -2.49. The molecule has 56 heavy (non-hydrogen) atoms. The normalized spacial score (nSPS) is 27.1. The highest BCUT2D eigenvalue weighted by molar-refractivity contribution is 6.74. The van der Waals surface area contributed by atoms with Crippen LogP contribution in [0.2, 0.25) is 18.1 Å². The predicted octanol–water partition coefficient (Wildman–Crippen LogP) is 9.38. The van der Waals surface area contributed by atoms with Crippen LogP contribution in [0.25, 0.3) is 0 Å². The molecule has 5 rings (SSSR count). The molecule has 0 spiro atoms. The van der Waals surface area contributed by atoms with Crippen LogP contribution < -0.4 is 4.74 Å². The number of benzene rings is 1. The van der Waals surface area contributed by atoms with Crippen LogP contribution in [0.3, 0.4) is 0 Å². The molecule has 0 saturated carbocycles. The largest absolute Gasteiger partial charge is 0.497 e. The Morgan fingerprint density at radius 1 is 1.02 bits per heavy atom. The van der Waals surface area contributed by atoms with E-state index in [-0.39, 0.29) is 53.3 Å². The molecule has 1 aromatic rings. The SMILES string of the molecule is C/C=C/CCCCC[C@@H]1C=C2C3OC(c4ccc(OC)cc4)OC[C@@]2(CC(=O)O)CC2=C(C(=O)OC2=O)[C@@H]3[C@H]1C[C@@H](O[Si](C)(C)C(C)(C)C)C(=O)CC/C=C/C. The van der Waals surface area contributed by atoms with E-state index in [0.717, 1.165) is 37.7 Å². The van der Waals surface area contributed by atoms with Crippen molar-refractivity contribution in [3.8, 4) is 5.75 Å². The van der Waals surface area contributed by atoms with Crippen LogP contribution in [0.1, 0.15) is 111 Å². The summed E-state index contributed by atoms with van der Waals surface area (Å²) in [5, 5.41) is 10.3. The van der Waals surface area contributed by atoms with Gasteiger partial charge < -0.3 is 28.5 Å². The summed E-state index contributed by atoms with van der Waals surface area (Å²) in [5.74, 6) is -3.14. The first-order chi connectivity index (χ1) is 26.6. The van der Waals surface area contributed by atoms with Crippen LogP contribution in [0.4, 0.5) is 0 Å². The van der Waals surface area contributed by atoms with Crippen LogP contribution >= 0.6 is 0 Å². The van der Waals surface area contributed by atoms with Crippen molar-refractivity contribution < 1.29 is 47.7 Å². The third-order valence-corrected chi connectivity index (χ3v) is 17.1. The van der Waals surface area contributed by atoms with Gasteiger partial charge in [-0.25, -0.2) is 9.59 Å². The van der Waals surface area contributed by atoms with E-state index in [2.05, 4.69) is 52.1 Å². The third kappa shape index (κ3) is 9.55. The van der Waals surface area contributed by atoms with Gasteiger partial charge in [-0.1, -0.05) is 76.1 Å². The Hall–Kier alpha value is -3.64. The molecule has 306 valence electrons. The number of carbonyl (C=O) groups is 4. The Balaban J connectivity index is 1.70. The fourth-order valence-corrected chi connectivity index (χ4v) is 9.97. The third-order valence-electron chi connectivity index (χ3n) is 12.7. The van der Waals surface area contributed by atoms with Crippen LogP contribution in [-0.2, 0) is 37.8 Å². The lowest BCUT2D eigenvalue weighted by Crippen LogP contribution is -2.49. The fraction of sp³-hybridized carbons (Fsp3) is 0.600. The number of carboxylic acid groups (broad SMARTS) is 1. The quantitative estimate of drug-likeness (QED) is 0.0504. The highest BCUT2D eigenvalue weighted by Crippen LogP contribution is 2.59. The fourth-order valence-electron chi connectivity index (χ4n) is 8.68. The molecule has 0 radical (unpaired) electrons. The van der Waals surface area contributed by atoms with E-state index in [1.165, 1.54) is 0 Å². The summed E-state index contributed by atoms with van der Waals surface area (Å²) >= 11 is 0. The summed E-state index contributed by atoms with van der Waals surface area (Å²) in [7, 11) is -0.907. The Labute approximate surface area is 333 Å². The molecule has 1 saturated heterocycles. The number of rotatable bonds is 18. The second-order valence-corrected chi connectivity index (χ2v) is 22.2. The number of ether oxygens (including phenoxy) is 4. The first kappa shape index (κ1) is 43.5. The second kappa shape index (κ2) is 18.3. The molecule has 2 aliphatic heterocycles. The number of ketones is 1. The van der Waals surface area contributed by atoms with Crippen LogP contribution in [0, 0.1) is 23.2 Å². The topological polar surface area (TPSA) is 135 Å². The van der Waals surface area contributed by atoms with Crippen molar-refractivity contribution in [2.45, 2.75) is 135 Å². The lowest BCUT2D eigenvalue weighted by atomic mass is 9.61. The van der Waals surface area contributed by atoms with Gasteiger partial charge in [-0.05, 0) is 100 Å². The minimum Gasteiger partial charge on any atom is -0.497 e. The van der Waals surface area contributed by atoms with Crippen LogP contribution in [0.5, 0.6) is 5.75 Å². The van der Waals surface area contributed by atoms with Crippen molar-refractivity contribution in [1.29, 1.82) is 0 Å². The van der Waals surface area contributed by atoms with Gasteiger partial charge in [0.05, 0.1) is 31.8 Å². The van der Waals surface area contributed by atoms with Crippen LogP contribution in [-0.4, -0.2) is 63.0 Å². The molecule has 2 heterocycles. The van der Waals surface area contributed by atoms with Crippen LogP contribution in [0.15, 0.2) is 71.4 Å². The number of methoxy groups -OCH3 is 1. The molecular weight excluding hydrogens is 729 g/mol. The van der Waals surface area contributed by atoms with Crippen molar-refractivity contribution in [2.24, 2.45) is 23.2 Å². The lowest BCUT2D eigenvalue weighted by molar-refractivity contribution is -0.174. The molecular formula is C45H62O10Si. The van der Waals surface area contributed by atoms with Crippen molar-refractivity contribution in [3.63, 3.8) is 0 Å². The average molecular weight is 791 g/mol. The zero-order valence-electron chi connectivity index (χ0n) is 34.6. The Bertz CT molecular complexity index is 1730. The summed E-state index contributed by atoms with van der Waals surface area (Å²) < 4.78 is 31.3. The first-order valence-electron chi connectivity index (χ1n) is 20.3. The summed E-state index contributed by atoms with van der Waals surface area (Å²) in [5.41, 5.74) is 0.678. The number of esters is 2. The second-order valence-electron chi connectivity index (χ2n) is 17.4. The van der Waals surface area contributed by atoms with E-state index in [1.807, 2.05) is 50.3 Å². The number of carboxylic acids is 1. The van der Waals surface area contributed by atoms with E-state index in [9.17, 15) is 24.3 Å². The number of fused-ring (bicyclic) bond motifs is 1. The summed E-state index contributed by atoms with van der Waals surface area (Å²) in [6.07, 6.45) is 13.2. The Morgan fingerprint density at radius 3 is 2.36 bits per heavy atom. The van der Waals surface area contributed by atoms with Gasteiger partial charge in [0.25, 0.3) is 0 Å². The number of aliphatic carboxylic acids is 1. The average Bonchev–Trinajstić information content (AvgIpc) is 3.26. The molecule has 7 atom stereocenters. The zero-order chi connectivity index (χ0) is 40.8. The minimum absolute atomic E-state index is 0.00200. The van der Waals surface area contributed by atoms with E-state index < -0.39 is 56.1 Å². The van der Waals surface area contributed by atoms with Crippen molar-refractivity contribution in [2.75, 3.05) is 13.7 Å². The number of allylic oxidation sites excluding steroid dienone is 5. The lowest BCUT2D eigenvalue weighted by Gasteiger charge is -2.47. The van der Waals surface area contributed by atoms with Gasteiger partial charge in [-0.2, -0.15) is 0 Å². The highest BCUT2D eigenvalue weighted by atomic mass is 28.4. The summed E-state index contributed by atoms with van der Waals surface area (Å²) in [4.78, 5) is 54.8. The van der Waals surface area contributed by atoms with E-state index in [4.69, 9.17) is 23.4 Å². The van der Waals surface area contributed by atoms with Gasteiger partial charge in [-0.3, -0.25) is 9.59 Å². The molecule has 0 aromatic heterocycles. The number of carbonyl (C=O) groups excluding carboxylic acids is 3. The monoisotopic (exact) mass is 790 g/mol. The molecule has 4 aliphatic rings. The number of cyclic esters (lactones) is 2. The Kier molecular flexibility index (Phi) is 14.2. The number of unbranched alkanes of at least 4 members (excludes halogenated alkanes) is 3. The Morgan fingerprint density at radius 2 is 1.71 bits per heavy atom. The zero-order valence-corrected chi connectivity index (χ0v) is 35.6. The van der Waals surface area contributed by atoms with Crippen molar-refractivity contribution >= 4 is 32.0 Å². The molecule has 0 amide bonds. The molecule has 1 aromatic carbocycles. The van der Waals surface area contributed by atoms with Crippen molar-refractivity contribution in [3.05, 3.63) is 76.9 Å². The number of Topliss-reactive ketones (excluding diaryl/α,β-unsaturated/α-hetero) is 1. The molecule has 2 aliphatic carbocycles. The van der Waals surface area contributed by atoms with Gasteiger partial charge in [0.1, 0.15) is 11.9 Å². The maximum absolute atomic E-state index is 14.3. The molecule has 1 fully saturated rings. The smallest absolute Gasteiger partial charge is 0.342 e. The molecule has 4 bridgehead atoms. The number of hydrogen-bond acceptors (Lipinski definition) is 9. The maximum atomic E-state index is 14.3. The predicted molar refractivity (Wildman–Crippen MR) is 216 cm³/mol. The maximum Gasteiger partial charge on any atom is 0.342 e.